The maximum Gasteiger partial charge on any atom is 0.250 e. The van der Waals surface area contributed by atoms with Crippen LogP contribution in [0.1, 0.15) is 34.6 Å². The van der Waals surface area contributed by atoms with Crippen molar-refractivity contribution in [3.05, 3.63) is 47.1 Å². The SMILES string of the molecule is CNC(C)Cc1noc(/C=C/c2ccc(C(N)=O)cc2)n1.Cl. The lowest BCUT2D eigenvalue weighted by Gasteiger charge is -2.04. The molecule has 0 aliphatic heterocycles. The third-order valence-corrected chi connectivity index (χ3v) is 3.08. The second-order valence-electron chi connectivity index (χ2n) is 4.76. The molecule has 7 heteroatoms. The number of amides is 1. The normalized spacial score (nSPS) is 12.1. The maximum absolute atomic E-state index is 11.0. The highest BCUT2D eigenvalue weighted by molar-refractivity contribution is 5.93. The van der Waals surface area contributed by atoms with E-state index in [0.717, 1.165) is 5.56 Å². The van der Waals surface area contributed by atoms with Gasteiger partial charge >= 0.3 is 0 Å². The number of nitrogens with two attached hydrogens (primary N) is 1. The third-order valence-electron chi connectivity index (χ3n) is 3.08. The molecule has 2 rings (SSSR count). The van der Waals surface area contributed by atoms with Crippen LogP contribution < -0.4 is 11.1 Å². The van der Waals surface area contributed by atoms with Crippen molar-refractivity contribution in [3.63, 3.8) is 0 Å². The molecule has 0 aliphatic carbocycles. The van der Waals surface area contributed by atoms with Crippen molar-refractivity contribution >= 4 is 30.5 Å². The predicted octanol–water partition coefficient (Wildman–Crippen LogP) is 1.91. The first kappa shape index (κ1) is 17.9. The number of aromatic nitrogens is 2. The zero-order valence-corrected chi connectivity index (χ0v) is 13.3. The average molecular weight is 323 g/mol. The molecular weight excluding hydrogens is 304 g/mol. The van der Waals surface area contributed by atoms with Crippen LogP contribution in [0.15, 0.2) is 28.8 Å². The van der Waals surface area contributed by atoms with Gasteiger partial charge in [0.25, 0.3) is 5.89 Å². The number of carbonyl (C=O) groups excluding carboxylic acids is 1. The Kier molecular flexibility index (Phi) is 6.75. The number of carbonyl (C=O) groups is 1. The van der Waals surface area contributed by atoms with E-state index >= 15 is 0 Å². The number of nitrogens with one attached hydrogen (secondary N) is 1. The summed E-state index contributed by atoms with van der Waals surface area (Å²) in [6.07, 6.45) is 4.28. The Morgan fingerprint density at radius 2 is 2.05 bits per heavy atom. The minimum absolute atomic E-state index is 0. The fourth-order valence-electron chi connectivity index (χ4n) is 1.72. The minimum atomic E-state index is -0.439. The van der Waals surface area contributed by atoms with Crippen molar-refractivity contribution in [2.24, 2.45) is 5.73 Å². The van der Waals surface area contributed by atoms with Gasteiger partial charge in [-0.1, -0.05) is 17.3 Å². The summed E-state index contributed by atoms with van der Waals surface area (Å²) in [6.45, 7) is 2.05. The molecule has 0 aliphatic rings. The molecule has 0 saturated heterocycles. The van der Waals surface area contributed by atoms with E-state index in [4.69, 9.17) is 10.3 Å². The molecule has 0 spiro atoms. The molecule has 1 aromatic heterocycles. The Morgan fingerprint density at radius 1 is 1.36 bits per heavy atom. The second kappa shape index (κ2) is 8.31. The van der Waals surface area contributed by atoms with Crippen molar-refractivity contribution in [2.75, 3.05) is 7.05 Å². The first-order chi connectivity index (χ1) is 10.1. The topological polar surface area (TPSA) is 94.0 Å². The van der Waals surface area contributed by atoms with E-state index in [9.17, 15) is 4.79 Å². The van der Waals surface area contributed by atoms with Gasteiger partial charge in [-0.05, 0) is 37.7 Å². The Balaban J connectivity index is 0.00000242. The van der Waals surface area contributed by atoms with E-state index in [1.807, 2.05) is 20.0 Å². The number of halogens is 1. The molecular formula is C15H19ClN4O2. The van der Waals surface area contributed by atoms with Gasteiger partial charge < -0.3 is 15.6 Å². The number of rotatable bonds is 6. The summed E-state index contributed by atoms with van der Waals surface area (Å²) in [7, 11) is 1.89. The van der Waals surface area contributed by atoms with Crippen molar-refractivity contribution in [1.82, 2.24) is 15.5 Å². The molecule has 0 bridgehead atoms. The van der Waals surface area contributed by atoms with Crippen LogP contribution in [0.4, 0.5) is 0 Å². The van der Waals surface area contributed by atoms with Gasteiger partial charge in [-0.25, -0.2) is 0 Å². The Labute approximate surface area is 135 Å². The first-order valence-electron chi connectivity index (χ1n) is 6.66. The summed E-state index contributed by atoms with van der Waals surface area (Å²) < 4.78 is 5.14. The Bertz CT molecular complexity index is 637. The average Bonchev–Trinajstić information content (AvgIpc) is 2.93. The fourth-order valence-corrected chi connectivity index (χ4v) is 1.72. The summed E-state index contributed by atoms with van der Waals surface area (Å²) in [5.41, 5.74) is 6.59. The summed E-state index contributed by atoms with van der Waals surface area (Å²) >= 11 is 0. The molecule has 0 fully saturated rings. The molecule has 1 atom stereocenters. The molecule has 0 saturated carbocycles. The summed E-state index contributed by atoms with van der Waals surface area (Å²) in [4.78, 5) is 15.3. The zero-order chi connectivity index (χ0) is 15.2. The number of benzene rings is 1. The van der Waals surface area contributed by atoms with Crippen molar-refractivity contribution in [1.29, 1.82) is 0 Å². The van der Waals surface area contributed by atoms with Gasteiger partial charge in [-0.2, -0.15) is 4.98 Å². The van der Waals surface area contributed by atoms with Crippen molar-refractivity contribution in [3.8, 4) is 0 Å². The van der Waals surface area contributed by atoms with Crippen LogP contribution in [0.5, 0.6) is 0 Å². The van der Waals surface area contributed by atoms with Gasteiger partial charge in [0.15, 0.2) is 5.82 Å². The van der Waals surface area contributed by atoms with Crippen LogP contribution in [0, 0.1) is 0 Å². The molecule has 1 heterocycles. The largest absolute Gasteiger partial charge is 0.366 e. The van der Waals surface area contributed by atoms with E-state index in [2.05, 4.69) is 15.5 Å². The lowest BCUT2D eigenvalue weighted by atomic mass is 10.1. The zero-order valence-electron chi connectivity index (χ0n) is 12.4. The van der Waals surface area contributed by atoms with Crippen LogP contribution in [0.25, 0.3) is 12.2 Å². The van der Waals surface area contributed by atoms with Gasteiger partial charge in [0.1, 0.15) is 0 Å². The van der Waals surface area contributed by atoms with Crippen LogP contribution in [0.2, 0.25) is 0 Å². The number of nitrogens with zero attached hydrogens (tertiary/aromatic N) is 2. The van der Waals surface area contributed by atoms with Crippen LogP contribution in [-0.4, -0.2) is 29.1 Å². The van der Waals surface area contributed by atoms with Crippen LogP contribution in [-0.2, 0) is 6.42 Å². The summed E-state index contributed by atoms with van der Waals surface area (Å²) in [6, 6.07) is 7.25. The highest BCUT2D eigenvalue weighted by atomic mass is 35.5. The highest BCUT2D eigenvalue weighted by Gasteiger charge is 2.07. The lowest BCUT2D eigenvalue weighted by molar-refractivity contribution is 0.100. The number of likely N-dealkylation sites (N-methyl/N-ethyl adjacent to an activating group) is 1. The standard InChI is InChI=1S/C15H18N4O2.ClH/c1-10(17-2)9-13-18-14(21-19-13)8-5-11-3-6-12(7-4-11)15(16)20;/h3-8,10,17H,9H2,1-2H3,(H2,16,20);1H/b8-5+;. The van der Waals surface area contributed by atoms with E-state index in [1.165, 1.54) is 0 Å². The molecule has 0 radical (unpaired) electrons. The maximum atomic E-state index is 11.0. The molecule has 3 N–H and O–H groups in total. The summed E-state index contributed by atoms with van der Waals surface area (Å²) in [5.74, 6) is 0.679. The van der Waals surface area contributed by atoms with E-state index in [1.54, 1.807) is 30.3 Å². The Morgan fingerprint density at radius 3 is 2.64 bits per heavy atom. The van der Waals surface area contributed by atoms with E-state index in [0.29, 0.717) is 29.7 Å². The second-order valence-corrected chi connectivity index (χ2v) is 4.76. The lowest BCUT2D eigenvalue weighted by Crippen LogP contribution is -2.24. The predicted molar refractivity (Wildman–Crippen MR) is 87.7 cm³/mol. The molecule has 2 aromatic rings. The molecule has 22 heavy (non-hydrogen) atoms. The monoisotopic (exact) mass is 322 g/mol. The molecule has 118 valence electrons. The van der Waals surface area contributed by atoms with Crippen LogP contribution >= 0.6 is 12.4 Å². The summed E-state index contributed by atoms with van der Waals surface area (Å²) in [5, 5.41) is 7.03. The molecule has 1 unspecified atom stereocenters. The van der Waals surface area contributed by atoms with Gasteiger partial charge in [0.05, 0.1) is 0 Å². The number of hydrogen-bond donors (Lipinski definition) is 2. The highest BCUT2D eigenvalue weighted by Crippen LogP contribution is 2.09. The molecule has 1 aromatic carbocycles. The Hall–Kier alpha value is -2.18. The number of hydrogen-bond acceptors (Lipinski definition) is 5. The van der Waals surface area contributed by atoms with E-state index < -0.39 is 5.91 Å². The smallest absolute Gasteiger partial charge is 0.250 e. The minimum Gasteiger partial charge on any atom is -0.366 e. The van der Waals surface area contributed by atoms with Crippen LogP contribution in [0.3, 0.4) is 0 Å². The van der Waals surface area contributed by atoms with Gasteiger partial charge in [-0.3, -0.25) is 4.79 Å². The molecule has 1 amide bonds. The number of primary amides is 1. The quantitative estimate of drug-likeness (QED) is 0.847. The van der Waals surface area contributed by atoms with E-state index in [-0.39, 0.29) is 12.4 Å². The third kappa shape index (κ3) is 4.98. The molecule has 6 nitrogen and oxygen atoms in total. The van der Waals surface area contributed by atoms with Crippen molar-refractivity contribution < 1.29 is 9.32 Å². The van der Waals surface area contributed by atoms with Gasteiger partial charge in [0, 0.05) is 24.1 Å². The van der Waals surface area contributed by atoms with Gasteiger partial charge in [0.2, 0.25) is 5.91 Å². The van der Waals surface area contributed by atoms with Crippen molar-refractivity contribution in [2.45, 2.75) is 19.4 Å². The van der Waals surface area contributed by atoms with Gasteiger partial charge in [-0.15, -0.1) is 12.4 Å². The fraction of sp³-hybridized carbons (Fsp3) is 0.267. The first-order valence-corrected chi connectivity index (χ1v) is 6.66.